The smallest absolute Gasteiger partial charge is 0.379 e. The van der Waals surface area contributed by atoms with E-state index in [1.54, 1.807) is 0 Å². The van der Waals surface area contributed by atoms with Gasteiger partial charge >= 0.3 is 34.1 Å². The van der Waals surface area contributed by atoms with E-state index in [0.717, 1.165) is 91.4 Å². The monoisotopic (exact) mass is 961 g/mol. The van der Waals surface area contributed by atoms with Crippen LogP contribution < -0.4 is 0 Å². The SMILES string of the molecule is [CH]1[CH][CH][CH][CH]1.[CH]1[CH][CH][CH][CH]1.[CH]1[CH][CH][C](CN2CCCCN(C[C]3[CH][CH][CH][CH]3)P23=NP(N2CCOCC2)(N2CCOCC2)=NP(N2CCOCC2)(N2CCOCC2)=N3)[CH]1.[Fe+2].[Fe+2]. The van der Waals surface area contributed by atoms with Crippen LogP contribution in [0.15, 0.2) is 13.5 Å². The van der Waals surface area contributed by atoms with Gasteiger partial charge in [0.1, 0.15) is 0 Å². The Balaban J connectivity index is 0.000000442. The van der Waals surface area contributed by atoms with Gasteiger partial charge in [0, 0.05) is 78.5 Å². The fourth-order valence-corrected chi connectivity index (χ4v) is 24.4. The molecule has 10 aliphatic rings. The molecule has 10 rings (SSSR count). The van der Waals surface area contributed by atoms with Crippen molar-refractivity contribution in [1.82, 2.24) is 28.0 Å². The van der Waals surface area contributed by atoms with Crippen LogP contribution in [0.25, 0.3) is 0 Å². The molecule has 13 nitrogen and oxygen atoms in total. The molecule has 60 heavy (non-hydrogen) atoms. The van der Waals surface area contributed by atoms with Crippen molar-refractivity contribution < 1.29 is 53.1 Å². The Morgan fingerprint density at radius 1 is 0.350 bits per heavy atom. The van der Waals surface area contributed by atoms with Gasteiger partial charge in [-0.3, -0.25) is 0 Å². The fourth-order valence-electron chi connectivity index (χ4n) is 8.35. The average molecular weight is 962 g/mol. The molecule has 0 unspecified atom stereocenters. The molecule has 5 saturated heterocycles. The van der Waals surface area contributed by atoms with E-state index in [1.807, 2.05) is 64.2 Å². The maximum absolute atomic E-state index is 6.41. The zero-order valence-corrected chi connectivity index (χ0v) is 39.5. The second-order valence-electron chi connectivity index (χ2n) is 15.1. The van der Waals surface area contributed by atoms with Crippen LogP contribution in [0.2, 0.25) is 0 Å². The number of nitrogens with zero attached hydrogens (tertiary/aromatic N) is 9. The minimum absolute atomic E-state index is 0. The van der Waals surface area contributed by atoms with Crippen LogP contribution in [0.1, 0.15) is 12.8 Å². The molecule has 6 heterocycles. The van der Waals surface area contributed by atoms with Crippen molar-refractivity contribution in [3.63, 3.8) is 0 Å². The third kappa shape index (κ3) is 12.6. The van der Waals surface area contributed by atoms with Gasteiger partial charge in [-0.15, -0.1) is 0 Å². The van der Waals surface area contributed by atoms with Crippen LogP contribution in [0.3, 0.4) is 0 Å². The maximum atomic E-state index is 6.41. The minimum Gasteiger partial charge on any atom is -0.379 e. The molecule has 6 aliphatic heterocycles. The normalized spacial score (nSPS) is 30.0. The Kier molecular flexibility index (Phi) is 22.0. The van der Waals surface area contributed by atoms with E-state index in [1.165, 1.54) is 11.8 Å². The summed E-state index contributed by atoms with van der Waals surface area (Å²) in [5, 5.41) is 0. The predicted octanol–water partition coefficient (Wildman–Crippen LogP) is 6.41. The first kappa shape index (κ1) is 50.7. The molecule has 9 fully saturated rings. The first-order chi connectivity index (χ1) is 28.7. The van der Waals surface area contributed by atoms with Crippen molar-refractivity contribution in [2.75, 3.05) is 131 Å². The summed E-state index contributed by atoms with van der Waals surface area (Å²) in [5.41, 5.74) is 0. The molecule has 1 spiro atoms. The van der Waals surface area contributed by atoms with Crippen molar-refractivity contribution >= 4 is 22.5 Å². The topological polar surface area (TPSA) is 93.4 Å². The summed E-state index contributed by atoms with van der Waals surface area (Å²) < 4.78 is 59.3. The molecule has 0 aromatic heterocycles. The zero-order valence-electron chi connectivity index (χ0n) is 34.7. The molecule has 0 N–H and O–H groups in total. The predicted molar refractivity (Wildman–Crippen MR) is 234 cm³/mol. The Morgan fingerprint density at radius 2 is 0.600 bits per heavy atom. The second-order valence-corrected chi connectivity index (χ2v) is 23.9. The number of hydrogen-bond donors (Lipinski definition) is 0. The summed E-state index contributed by atoms with van der Waals surface area (Å²) >= 11 is 0. The van der Waals surface area contributed by atoms with Gasteiger partial charge in [-0.25, -0.2) is 28.0 Å². The molecule has 4 aliphatic carbocycles. The van der Waals surface area contributed by atoms with Crippen molar-refractivity contribution in [1.29, 1.82) is 0 Å². The van der Waals surface area contributed by atoms with Gasteiger partial charge in [-0.1, -0.05) is 0 Å². The van der Waals surface area contributed by atoms with Gasteiger partial charge < -0.3 is 18.9 Å². The van der Waals surface area contributed by atoms with Crippen molar-refractivity contribution in [2.45, 2.75) is 12.8 Å². The summed E-state index contributed by atoms with van der Waals surface area (Å²) in [5.74, 6) is 2.67. The third-order valence-corrected chi connectivity index (χ3v) is 23.9. The molecule has 0 bridgehead atoms. The minimum atomic E-state index is -2.75. The first-order valence-corrected chi connectivity index (χ1v) is 26.0. The average Bonchev–Trinajstić information content (AvgIpc) is 4.16. The molecule has 4 saturated carbocycles. The van der Waals surface area contributed by atoms with Gasteiger partial charge in [0.15, 0.2) is 0 Å². The van der Waals surface area contributed by atoms with Crippen LogP contribution in [-0.4, -0.2) is 159 Å². The van der Waals surface area contributed by atoms with Crippen LogP contribution in [0.5, 0.6) is 0 Å². The summed E-state index contributed by atoms with van der Waals surface area (Å²) in [6, 6.07) is 0. The zero-order chi connectivity index (χ0) is 39.4. The van der Waals surface area contributed by atoms with Crippen LogP contribution in [0, 0.1) is 127 Å². The Bertz CT molecular complexity index is 1270. The maximum Gasteiger partial charge on any atom is 2.00 e. The van der Waals surface area contributed by atoms with Crippen molar-refractivity contribution in [3.8, 4) is 0 Å². The summed E-state index contributed by atoms with van der Waals surface area (Å²) in [6.45, 7) is 15.9. The van der Waals surface area contributed by atoms with Crippen LogP contribution >= 0.6 is 22.5 Å². The standard InChI is InChI=1S/C32H52N9O4P3.2C5H5.2Fe/c1-2-8-31(7-1)29-40-11-5-6-12-41(30-32-9-3-4-10-32)48(40)34-46(36-13-21-42-22-14-36,37-15-23-43-24-16-37)33-47(35-48,38-17-25-44-26-18-38)39-19-27-45-28-20-39;2*1-2-4-5-3-1;;/h1-4,7-10H,5-6,11-30H2;2*1-5H;;/q;;;2*+2. The molecule has 20 radical (unpaired) electrons. The molecule has 18 heteroatoms. The van der Waals surface area contributed by atoms with Crippen LogP contribution in [0.4, 0.5) is 0 Å². The Morgan fingerprint density at radius 3 is 0.883 bits per heavy atom. The summed E-state index contributed by atoms with van der Waals surface area (Å²) in [7, 11) is -8.13. The van der Waals surface area contributed by atoms with Gasteiger partial charge in [-0.05, 0) is 140 Å². The van der Waals surface area contributed by atoms with E-state index < -0.39 is 22.5 Å². The number of hydrogen-bond acceptors (Lipinski definition) is 13. The second kappa shape index (κ2) is 26.0. The van der Waals surface area contributed by atoms with Crippen LogP contribution in [-0.2, 0) is 53.1 Å². The molecule has 0 atom stereocenters. The first-order valence-electron chi connectivity index (χ1n) is 21.2. The van der Waals surface area contributed by atoms with E-state index >= 15 is 0 Å². The largest absolute Gasteiger partial charge is 2.00 e. The Labute approximate surface area is 386 Å². The van der Waals surface area contributed by atoms with Gasteiger partial charge in [0.2, 0.25) is 22.5 Å². The molecule has 326 valence electrons. The summed E-state index contributed by atoms with van der Waals surface area (Å²) in [6.07, 6.45) is 40.0. The van der Waals surface area contributed by atoms with E-state index in [-0.39, 0.29) is 34.1 Å². The molecule has 0 aromatic rings. The van der Waals surface area contributed by atoms with E-state index in [0.29, 0.717) is 52.9 Å². The number of morpholine rings is 4. The number of ether oxygens (including phenoxy) is 4. The number of rotatable bonds is 8. The van der Waals surface area contributed by atoms with E-state index in [9.17, 15) is 0 Å². The molecule has 0 aromatic carbocycles. The van der Waals surface area contributed by atoms with E-state index in [4.69, 9.17) is 32.5 Å². The fraction of sp³-hybridized carbons (Fsp3) is 0.524. The quantitative estimate of drug-likeness (QED) is 0.201. The molecular weight excluding hydrogens is 899 g/mol. The Hall–Kier alpha value is 1.33. The molecule has 0 amide bonds. The van der Waals surface area contributed by atoms with Crippen molar-refractivity contribution in [2.24, 2.45) is 13.5 Å². The van der Waals surface area contributed by atoms with Gasteiger partial charge in [0.05, 0.1) is 52.9 Å². The molecular formula is C42H62Fe2N9O4P3+4. The van der Waals surface area contributed by atoms with Crippen molar-refractivity contribution in [3.05, 3.63) is 127 Å². The third-order valence-electron chi connectivity index (χ3n) is 11.3. The van der Waals surface area contributed by atoms with E-state index in [2.05, 4.69) is 79.4 Å². The van der Waals surface area contributed by atoms with Gasteiger partial charge in [-0.2, -0.15) is 13.5 Å². The van der Waals surface area contributed by atoms with Gasteiger partial charge in [0.25, 0.3) is 0 Å². The summed E-state index contributed by atoms with van der Waals surface area (Å²) in [4.78, 5) is 0.